The van der Waals surface area contributed by atoms with Crippen molar-refractivity contribution in [1.82, 2.24) is 10.2 Å². The van der Waals surface area contributed by atoms with E-state index < -0.39 is 0 Å². The van der Waals surface area contributed by atoms with E-state index in [0.717, 1.165) is 50.3 Å². The predicted molar refractivity (Wildman–Crippen MR) is 70.6 cm³/mol. The van der Waals surface area contributed by atoms with Crippen molar-refractivity contribution >= 4 is 0 Å². The maximum atomic E-state index is 10.1. The Labute approximate surface area is 103 Å². The first-order chi connectivity index (χ1) is 8.18. The Morgan fingerprint density at radius 2 is 1.82 bits per heavy atom. The smallest absolute Gasteiger partial charge is 0.121 e. The van der Waals surface area contributed by atoms with Crippen molar-refractivity contribution in [3.05, 3.63) is 28.8 Å². The molecule has 1 aliphatic heterocycles. The molecule has 2 rings (SSSR count). The Bertz CT molecular complexity index is 384. The maximum absolute atomic E-state index is 10.1. The summed E-state index contributed by atoms with van der Waals surface area (Å²) in [7, 11) is 0. The van der Waals surface area contributed by atoms with Crippen LogP contribution in [0.5, 0.6) is 5.75 Å². The average molecular weight is 234 g/mol. The number of aryl methyl sites for hydroxylation is 2. The number of piperazine rings is 1. The lowest BCUT2D eigenvalue weighted by Gasteiger charge is -2.27. The summed E-state index contributed by atoms with van der Waals surface area (Å²) in [6.45, 7) is 9.48. The molecule has 1 heterocycles. The number of phenolic OH excluding ortho intramolecular Hbond substituents is 1. The Hall–Kier alpha value is -1.06. The van der Waals surface area contributed by atoms with Gasteiger partial charge in [0.05, 0.1) is 0 Å². The lowest BCUT2D eigenvalue weighted by molar-refractivity contribution is 0.243. The Balaban J connectivity index is 2.00. The van der Waals surface area contributed by atoms with E-state index in [1.54, 1.807) is 0 Å². The second-order valence-electron chi connectivity index (χ2n) is 4.87. The van der Waals surface area contributed by atoms with Gasteiger partial charge >= 0.3 is 0 Å². The second-order valence-corrected chi connectivity index (χ2v) is 4.87. The van der Waals surface area contributed by atoms with Gasteiger partial charge in [0.25, 0.3) is 0 Å². The van der Waals surface area contributed by atoms with Crippen LogP contribution in [0.15, 0.2) is 12.1 Å². The van der Waals surface area contributed by atoms with Gasteiger partial charge in [-0.1, -0.05) is 12.1 Å². The van der Waals surface area contributed by atoms with E-state index in [2.05, 4.69) is 23.2 Å². The summed E-state index contributed by atoms with van der Waals surface area (Å²) >= 11 is 0. The molecule has 0 spiro atoms. The first-order valence-electron chi connectivity index (χ1n) is 6.39. The fourth-order valence-electron chi connectivity index (χ4n) is 2.37. The third-order valence-corrected chi connectivity index (χ3v) is 3.61. The first kappa shape index (κ1) is 12.4. The van der Waals surface area contributed by atoms with Gasteiger partial charge in [-0.3, -0.25) is 0 Å². The molecule has 17 heavy (non-hydrogen) atoms. The largest absolute Gasteiger partial charge is 0.507 e. The molecule has 0 bridgehead atoms. The molecule has 0 unspecified atom stereocenters. The molecule has 94 valence electrons. The van der Waals surface area contributed by atoms with Gasteiger partial charge in [0.2, 0.25) is 0 Å². The van der Waals surface area contributed by atoms with Crippen molar-refractivity contribution in [2.24, 2.45) is 0 Å². The van der Waals surface area contributed by atoms with Gasteiger partial charge in [-0.25, -0.2) is 0 Å². The zero-order chi connectivity index (χ0) is 12.3. The van der Waals surface area contributed by atoms with Crippen molar-refractivity contribution < 1.29 is 5.11 Å². The highest BCUT2D eigenvalue weighted by molar-refractivity contribution is 5.44. The van der Waals surface area contributed by atoms with Gasteiger partial charge in [0, 0.05) is 32.7 Å². The molecule has 0 saturated carbocycles. The lowest BCUT2D eigenvalue weighted by atomic mass is 10.0. The van der Waals surface area contributed by atoms with E-state index in [-0.39, 0.29) is 0 Å². The summed E-state index contributed by atoms with van der Waals surface area (Å²) in [6, 6.07) is 4.08. The monoisotopic (exact) mass is 234 g/mol. The van der Waals surface area contributed by atoms with Gasteiger partial charge in [0.15, 0.2) is 0 Å². The lowest BCUT2D eigenvalue weighted by Crippen LogP contribution is -2.44. The average Bonchev–Trinajstić information content (AvgIpc) is 2.35. The molecule has 2 N–H and O–H groups in total. The number of nitrogens with one attached hydrogen (secondary N) is 1. The van der Waals surface area contributed by atoms with Crippen molar-refractivity contribution in [2.75, 3.05) is 32.7 Å². The Morgan fingerprint density at radius 3 is 2.53 bits per heavy atom. The van der Waals surface area contributed by atoms with Gasteiger partial charge in [-0.05, 0) is 37.0 Å². The first-order valence-corrected chi connectivity index (χ1v) is 6.39. The van der Waals surface area contributed by atoms with Crippen molar-refractivity contribution in [3.63, 3.8) is 0 Å². The molecule has 3 heteroatoms. The van der Waals surface area contributed by atoms with Crippen LogP contribution in [0.2, 0.25) is 0 Å². The molecule has 0 aliphatic carbocycles. The SMILES string of the molecule is Cc1ccc(C)c(CCN2CCNCC2)c1O. The molecular weight excluding hydrogens is 212 g/mol. The molecule has 0 radical (unpaired) electrons. The van der Waals surface area contributed by atoms with E-state index >= 15 is 0 Å². The molecule has 0 atom stereocenters. The normalized spacial score (nSPS) is 17.3. The molecule has 1 aromatic rings. The minimum atomic E-state index is 0.486. The molecule has 1 aromatic carbocycles. The summed E-state index contributed by atoms with van der Waals surface area (Å²) in [5.41, 5.74) is 3.29. The topological polar surface area (TPSA) is 35.5 Å². The number of hydrogen-bond donors (Lipinski definition) is 2. The zero-order valence-corrected chi connectivity index (χ0v) is 10.8. The van der Waals surface area contributed by atoms with Crippen LogP contribution < -0.4 is 5.32 Å². The summed E-state index contributed by atoms with van der Waals surface area (Å²) in [5, 5.41) is 13.4. The minimum absolute atomic E-state index is 0.486. The molecule has 1 aliphatic rings. The van der Waals surface area contributed by atoms with Gasteiger partial charge < -0.3 is 15.3 Å². The fraction of sp³-hybridized carbons (Fsp3) is 0.571. The summed E-state index contributed by atoms with van der Waals surface area (Å²) in [5.74, 6) is 0.486. The second kappa shape index (κ2) is 5.52. The van der Waals surface area contributed by atoms with Crippen LogP contribution in [0.3, 0.4) is 0 Å². The Kier molecular flexibility index (Phi) is 4.02. The highest BCUT2D eigenvalue weighted by Crippen LogP contribution is 2.25. The maximum Gasteiger partial charge on any atom is 0.121 e. The van der Waals surface area contributed by atoms with Crippen molar-refractivity contribution in [2.45, 2.75) is 20.3 Å². The third-order valence-electron chi connectivity index (χ3n) is 3.61. The van der Waals surface area contributed by atoms with Crippen LogP contribution in [0.1, 0.15) is 16.7 Å². The predicted octanol–water partition coefficient (Wildman–Crippen LogP) is 1.46. The van der Waals surface area contributed by atoms with E-state index in [0.29, 0.717) is 5.75 Å². The highest BCUT2D eigenvalue weighted by Gasteiger charge is 2.12. The minimum Gasteiger partial charge on any atom is -0.507 e. The van der Waals surface area contributed by atoms with Gasteiger partial charge in [-0.2, -0.15) is 0 Å². The number of benzene rings is 1. The number of aromatic hydroxyl groups is 1. The molecular formula is C14H22N2O. The van der Waals surface area contributed by atoms with Crippen molar-refractivity contribution in [1.29, 1.82) is 0 Å². The van der Waals surface area contributed by atoms with Crippen LogP contribution in [0.25, 0.3) is 0 Å². The molecule has 1 fully saturated rings. The standard InChI is InChI=1S/C14H22N2O/c1-11-3-4-12(2)14(17)13(11)5-8-16-9-6-15-7-10-16/h3-4,15,17H,5-10H2,1-2H3. The zero-order valence-electron chi connectivity index (χ0n) is 10.8. The molecule has 3 nitrogen and oxygen atoms in total. The van der Waals surface area contributed by atoms with Crippen LogP contribution >= 0.6 is 0 Å². The van der Waals surface area contributed by atoms with E-state index in [4.69, 9.17) is 0 Å². The number of phenols is 1. The van der Waals surface area contributed by atoms with E-state index in [9.17, 15) is 5.11 Å². The van der Waals surface area contributed by atoms with E-state index in [1.807, 2.05) is 13.0 Å². The number of nitrogens with zero attached hydrogens (tertiary/aromatic N) is 1. The summed E-state index contributed by atoms with van der Waals surface area (Å²) in [6.07, 6.45) is 0.944. The summed E-state index contributed by atoms with van der Waals surface area (Å²) < 4.78 is 0. The summed E-state index contributed by atoms with van der Waals surface area (Å²) in [4.78, 5) is 2.46. The van der Waals surface area contributed by atoms with E-state index in [1.165, 1.54) is 5.56 Å². The molecule has 1 saturated heterocycles. The van der Waals surface area contributed by atoms with Crippen LogP contribution in [0, 0.1) is 13.8 Å². The highest BCUT2D eigenvalue weighted by atomic mass is 16.3. The number of hydrogen-bond acceptors (Lipinski definition) is 3. The van der Waals surface area contributed by atoms with Gasteiger partial charge in [-0.15, -0.1) is 0 Å². The van der Waals surface area contributed by atoms with Crippen LogP contribution in [-0.2, 0) is 6.42 Å². The third kappa shape index (κ3) is 2.99. The Morgan fingerprint density at radius 1 is 1.18 bits per heavy atom. The van der Waals surface area contributed by atoms with Crippen LogP contribution in [-0.4, -0.2) is 42.7 Å². The number of rotatable bonds is 3. The fourth-order valence-corrected chi connectivity index (χ4v) is 2.37. The quantitative estimate of drug-likeness (QED) is 0.831. The van der Waals surface area contributed by atoms with Gasteiger partial charge in [0.1, 0.15) is 5.75 Å². The van der Waals surface area contributed by atoms with Crippen LogP contribution in [0.4, 0.5) is 0 Å². The molecule has 0 aromatic heterocycles. The molecule has 0 amide bonds. The van der Waals surface area contributed by atoms with Crippen molar-refractivity contribution in [3.8, 4) is 5.75 Å².